The van der Waals surface area contributed by atoms with Gasteiger partial charge in [0.15, 0.2) is 0 Å². The van der Waals surface area contributed by atoms with E-state index in [-0.39, 0.29) is 17.0 Å². The Kier molecular flexibility index (Phi) is 5.79. The Morgan fingerprint density at radius 3 is 2.62 bits per heavy atom. The van der Waals surface area contributed by atoms with Crippen LogP contribution in [0.15, 0.2) is 66.7 Å². The summed E-state index contributed by atoms with van der Waals surface area (Å²) in [6.07, 6.45) is 4.17. The molecule has 0 bridgehead atoms. The summed E-state index contributed by atoms with van der Waals surface area (Å²) < 4.78 is 6.58. The van der Waals surface area contributed by atoms with Gasteiger partial charge in [-0.1, -0.05) is 24.8 Å². The number of nitrogens with zero attached hydrogens (tertiary/aromatic N) is 2. The number of pyridine rings is 1. The number of esters is 1. The van der Waals surface area contributed by atoms with Gasteiger partial charge < -0.3 is 15.2 Å². The summed E-state index contributed by atoms with van der Waals surface area (Å²) in [6, 6.07) is 6.88. The van der Waals surface area contributed by atoms with E-state index in [1.54, 1.807) is 42.7 Å². The molecule has 0 aliphatic carbocycles. The van der Waals surface area contributed by atoms with Crippen LogP contribution in [0.4, 0.5) is 4.79 Å². The molecule has 1 aliphatic heterocycles. The molecule has 8 nitrogen and oxygen atoms in total. The molecule has 0 saturated heterocycles. The zero-order valence-corrected chi connectivity index (χ0v) is 16.8. The number of benzene rings is 1. The van der Waals surface area contributed by atoms with E-state index < -0.39 is 24.0 Å². The minimum atomic E-state index is -1.22. The number of carboxylic acid groups (broad SMARTS) is 1. The van der Waals surface area contributed by atoms with Gasteiger partial charge >= 0.3 is 18.0 Å². The molecule has 1 aliphatic rings. The first kappa shape index (κ1) is 20.3. The number of hydrogen-bond acceptors (Lipinski definition) is 5. The molecule has 0 radical (unpaired) electrons. The molecule has 1 atom stereocenters. The van der Waals surface area contributed by atoms with Crippen molar-refractivity contribution < 1.29 is 24.2 Å². The second kappa shape index (κ2) is 8.27. The van der Waals surface area contributed by atoms with E-state index in [1.807, 2.05) is 0 Å². The van der Waals surface area contributed by atoms with Crippen molar-refractivity contribution in [3.05, 3.63) is 72.2 Å². The van der Waals surface area contributed by atoms with E-state index >= 15 is 0 Å². The van der Waals surface area contributed by atoms with Crippen LogP contribution >= 0.6 is 16.1 Å². The lowest BCUT2D eigenvalue weighted by Gasteiger charge is -2.33. The molecular formula is C20H16BrN3O5. The van der Waals surface area contributed by atoms with Crippen LogP contribution in [0.2, 0.25) is 0 Å². The van der Waals surface area contributed by atoms with E-state index in [1.165, 1.54) is 6.92 Å². The summed E-state index contributed by atoms with van der Waals surface area (Å²) in [6.45, 7) is 4.91. The van der Waals surface area contributed by atoms with E-state index in [4.69, 9.17) is 4.74 Å². The summed E-state index contributed by atoms with van der Waals surface area (Å²) in [5.41, 5.74) is 1.68. The molecule has 29 heavy (non-hydrogen) atoms. The number of halogens is 1. The number of aromatic nitrogens is 1. The number of carbonyl (C=O) groups is 3. The summed E-state index contributed by atoms with van der Waals surface area (Å²) >= 11 is 3.14. The average molecular weight is 458 g/mol. The first-order valence-corrected chi connectivity index (χ1v) is 9.13. The molecule has 1 unspecified atom stereocenters. The fraction of sp³-hybridized carbons (Fsp3) is 0.100. The zero-order chi connectivity index (χ0) is 21.1. The van der Waals surface area contributed by atoms with Crippen LogP contribution in [0.1, 0.15) is 18.5 Å². The first-order chi connectivity index (χ1) is 13.8. The van der Waals surface area contributed by atoms with E-state index in [2.05, 4.69) is 33.0 Å². The Morgan fingerprint density at radius 1 is 1.31 bits per heavy atom. The largest absolute Gasteiger partial charge is 0.478 e. The first-order valence-electron chi connectivity index (χ1n) is 8.42. The highest BCUT2D eigenvalue weighted by Gasteiger charge is 2.39. The van der Waals surface area contributed by atoms with Crippen molar-refractivity contribution in [3.63, 3.8) is 0 Å². The van der Waals surface area contributed by atoms with Crippen molar-refractivity contribution in [1.82, 2.24) is 14.2 Å². The minimum absolute atomic E-state index is 0.0655. The third kappa shape index (κ3) is 3.90. The van der Waals surface area contributed by atoms with Crippen LogP contribution in [-0.4, -0.2) is 32.0 Å². The predicted molar refractivity (Wildman–Crippen MR) is 108 cm³/mol. The molecule has 2 amide bonds. The molecular weight excluding hydrogens is 442 g/mol. The fourth-order valence-electron chi connectivity index (χ4n) is 3.06. The van der Waals surface area contributed by atoms with Gasteiger partial charge in [0.1, 0.15) is 11.8 Å². The molecule has 0 spiro atoms. The van der Waals surface area contributed by atoms with Gasteiger partial charge in [0, 0.05) is 35.3 Å². The maximum atomic E-state index is 12.3. The number of nitrogens with one attached hydrogen (secondary N) is 1. The molecule has 0 fully saturated rings. The summed E-state index contributed by atoms with van der Waals surface area (Å²) in [7, 11) is 0. The normalized spacial score (nSPS) is 16.3. The Labute approximate surface area is 174 Å². The standard InChI is InChI=1S/C20H16BrN3O5/c1-3-15(25)29-18-13(12-7-9-22-10-8-12)5-4-6-14(18)17-16(19(26)27)11(2)23-20(28)24(17)21/h3-10,17H,1H2,2H3,(H,23,28)(H,26,27). The lowest BCUT2D eigenvalue weighted by atomic mass is 9.91. The zero-order valence-electron chi connectivity index (χ0n) is 15.3. The summed E-state index contributed by atoms with van der Waals surface area (Å²) in [5.74, 6) is -1.81. The van der Waals surface area contributed by atoms with Crippen LogP contribution in [-0.2, 0) is 9.59 Å². The number of para-hydroxylation sites is 1. The van der Waals surface area contributed by atoms with Gasteiger partial charge in [0.2, 0.25) is 0 Å². The van der Waals surface area contributed by atoms with Crippen LogP contribution in [0.25, 0.3) is 11.1 Å². The van der Waals surface area contributed by atoms with Gasteiger partial charge in [0.25, 0.3) is 0 Å². The third-order valence-electron chi connectivity index (χ3n) is 4.32. The van der Waals surface area contributed by atoms with Crippen molar-refractivity contribution in [2.24, 2.45) is 0 Å². The number of urea groups is 1. The summed E-state index contributed by atoms with van der Waals surface area (Å²) in [5, 5.41) is 12.2. The van der Waals surface area contributed by atoms with Crippen LogP contribution in [0.3, 0.4) is 0 Å². The number of rotatable bonds is 5. The third-order valence-corrected chi connectivity index (χ3v) is 5.06. The second-order valence-corrected chi connectivity index (χ2v) is 6.84. The molecule has 2 aromatic rings. The molecule has 2 N–H and O–H groups in total. The van der Waals surface area contributed by atoms with Crippen molar-refractivity contribution in [2.45, 2.75) is 13.0 Å². The van der Waals surface area contributed by atoms with E-state index in [0.717, 1.165) is 10.0 Å². The van der Waals surface area contributed by atoms with Crippen molar-refractivity contribution in [1.29, 1.82) is 0 Å². The second-order valence-electron chi connectivity index (χ2n) is 6.07. The number of carboxylic acids is 1. The highest BCUT2D eigenvalue weighted by atomic mass is 79.9. The van der Waals surface area contributed by atoms with Crippen molar-refractivity contribution >= 4 is 34.1 Å². The Balaban J connectivity index is 2.29. The van der Waals surface area contributed by atoms with Crippen molar-refractivity contribution in [2.75, 3.05) is 0 Å². The van der Waals surface area contributed by atoms with E-state index in [0.29, 0.717) is 16.7 Å². The lowest BCUT2D eigenvalue weighted by Crippen LogP contribution is -2.43. The maximum absolute atomic E-state index is 12.3. The number of allylic oxidation sites excluding steroid dienone is 1. The smallest absolute Gasteiger partial charge is 0.335 e. The van der Waals surface area contributed by atoms with E-state index in [9.17, 15) is 19.5 Å². The van der Waals surface area contributed by atoms with Crippen molar-refractivity contribution in [3.8, 4) is 16.9 Å². The monoisotopic (exact) mass is 457 g/mol. The predicted octanol–water partition coefficient (Wildman–Crippen LogP) is 3.57. The SMILES string of the molecule is C=CC(=O)Oc1c(-c2ccncc2)cccc1C1C(C(=O)O)=C(C)NC(=O)N1Br. The van der Waals surface area contributed by atoms with Gasteiger partial charge in [-0.3, -0.25) is 4.98 Å². The Bertz CT molecular complexity index is 1040. The van der Waals surface area contributed by atoms with Crippen LogP contribution < -0.4 is 10.1 Å². The van der Waals surface area contributed by atoms with Crippen LogP contribution in [0.5, 0.6) is 5.75 Å². The highest BCUT2D eigenvalue weighted by molar-refractivity contribution is 9.07. The van der Waals surface area contributed by atoms with Gasteiger partial charge in [-0.15, -0.1) is 0 Å². The van der Waals surface area contributed by atoms with Gasteiger partial charge in [-0.05, 0) is 24.6 Å². The molecule has 148 valence electrons. The Morgan fingerprint density at radius 2 is 2.00 bits per heavy atom. The quantitative estimate of drug-likeness (QED) is 0.307. The van der Waals surface area contributed by atoms with Gasteiger partial charge in [-0.25, -0.2) is 18.3 Å². The molecule has 3 rings (SSSR count). The molecule has 9 heteroatoms. The minimum Gasteiger partial charge on any atom is -0.478 e. The topological polar surface area (TPSA) is 109 Å². The number of amides is 2. The molecule has 0 saturated carbocycles. The number of hydrogen-bond donors (Lipinski definition) is 2. The highest BCUT2D eigenvalue weighted by Crippen LogP contribution is 2.44. The van der Waals surface area contributed by atoms with Gasteiger partial charge in [0.05, 0.1) is 21.7 Å². The Hall–Kier alpha value is -3.46. The maximum Gasteiger partial charge on any atom is 0.335 e. The number of carbonyl (C=O) groups excluding carboxylic acids is 2. The average Bonchev–Trinajstić information content (AvgIpc) is 2.71. The molecule has 1 aromatic carbocycles. The summed E-state index contributed by atoms with van der Waals surface area (Å²) in [4.78, 5) is 40.3. The number of ether oxygens (including phenoxy) is 1. The molecule has 2 heterocycles. The van der Waals surface area contributed by atoms with Crippen LogP contribution in [0, 0.1) is 0 Å². The fourth-order valence-corrected chi connectivity index (χ4v) is 3.57. The number of aliphatic carboxylic acids is 1. The molecule has 1 aromatic heterocycles. The van der Waals surface area contributed by atoms with Gasteiger partial charge in [-0.2, -0.15) is 0 Å². The lowest BCUT2D eigenvalue weighted by molar-refractivity contribution is -0.133.